The molecule has 0 radical (unpaired) electrons. The molecule has 2 aromatic carbocycles. The van der Waals surface area contributed by atoms with Crippen LogP contribution in [0.2, 0.25) is 0 Å². The van der Waals surface area contributed by atoms with Gasteiger partial charge in [0, 0.05) is 42.1 Å². The Morgan fingerprint density at radius 2 is 1.74 bits per heavy atom. The molecule has 1 aromatic heterocycles. The number of nitrogens with one attached hydrogen (secondary N) is 1. The lowest BCUT2D eigenvalue weighted by atomic mass is 9.91. The van der Waals surface area contributed by atoms with E-state index in [4.69, 9.17) is 4.74 Å². The number of aliphatic imine (C=N–C) groups is 1. The van der Waals surface area contributed by atoms with Crippen LogP contribution < -0.4 is 10.4 Å². The van der Waals surface area contributed by atoms with Crippen molar-refractivity contribution in [2.45, 2.75) is 31.7 Å². The first-order valence-corrected chi connectivity index (χ1v) is 14.3. The zero-order chi connectivity index (χ0) is 27.7. The average molecular weight is 559 g/mol. The minimum Gasteiger partial charge on any atom is -0.380 e. The van der Waals surface area contributed by atoms with Gasteiger partial charge in [0.15, 0.2) is 0 Å². The molecule has 0 amide bonds. The van der Waals surface area contributed by atoms with E-state index in [0.29, 0.717) is 17.7 Å². The number of hydrogen-bond donors (Lipinski definition) is 1. The largest absolute Gasteiger partial charge is 0.380 e. The van der Waals surface area contributed by atoms with Gasteiger partial charge in [-0.2, -0.15) is 19.0 Å². The summed E-state index contributed by atoms with van der Waals surface area (Å²) in [6.45, 7) is -0.670. The monoisotopic (exact) mass is 558 g/mol. The molecule has 0 spiro atoms. The molecule has 1 atom stereocenters. The number of alkyl halides is 2. The molecule has 0 fully saturated rings. The minimum atomic E-state index is -3.40. The van der Waals surface area contributed by atoms with E-state index in [0.717, 1.165) is 15.3 Å². The number of ether oxygens (including phenoxy) is 1. The lowest BCUT2D eigenvalue weighted by Gasteiger charge is -2.33. The molecule has 0 bridgehead atoms. The number of rotatable bonds is 5. The first-order valence-electron chi connectivity index (χ1n) is 11.4. The summed E-state index contributed by atoms with van der Waals surface area (Å²) in [5, 5.41) is 0. The molecule has 0 saturated carbocycles. The van der Waals surface area contributed by atoms with Crippen molar-refractivity contribution in [3.8, 4) is 11.1 Å². The molecule has 0 aliphatic carbocycles. The van der Waals surface area contributed by atoms with Crippen molar-refractivity contribution in [3.05, 3.63) is 80.5 Å². The summed E-state index contributed by atoms with van der Waals surface area (Å²) in [6, 6.07) is 0.884. The zero-order valence-corrected chi connectivity index (χ0v) is 21.7. The van der Waals surface area contributed by atoms with E-state index < -0.39 is 68.0 Å². The Hall–Kier alpha value is -3.03. The molecule has 13 heteroatoms. The van der Waals surface area contributed by atoms with Crippen molar-refractivity contribution < 1.29 is 31.1 Å². The van der Waals surface area contributed by atoms with Crippen LogP contribution in [0.3, 0.4) is 0 Å². The SMILES string of the molecule is COCc1cc2c(c(-c3c(F)cc(F)cc3F)c1F)C(n1cc3n(c1=O)CC(NS(C)(C)C)C3(F)F)=NC2. The van der Waals surface area contributed by atoms with Crippen molar-refractivity contribution in [1.82, 2.24) is 13.9 Å². The molecule has 38 heavy (non-hydrogen) atoms. The maximum atomic E-state index is 15.8. The maximum absolute atomic E-state index is 15.8. The highest BCUT2D eigenvalue weighted by atomic mass is 32.3. The number of imidazole rings is 1. The van der Waals surface area contributed by atoms with Crippen LogP contribution in [0.25, 0.3) is 11.1 Å². The summed E-state index contributed by atoms with van der Waals surface area (Å²) in [5.74, 6) is -8.66. The summed E-state index contributed by atoms with van der Waals surface area (Å²) in [6.07, 6.45) is 6.35. The van der Waals surface area contributed by atoms with Gasteiger partial charge in [0.05, 0.1) is 25.3 Å². The summed E-state index contributed by atoms with van der Waals surface area (Å²) >= 11 is 0. The molecule has 2 aliphatic heterocycles. The van der Waals surface area contributed by atoms with Gasteiger partial charge in [-0.05, 0) is 30.4 Å². The molecule has 3 heterocycles. The predicted octanol–water partition coefficient (Wildman–Crippen LogP) is 4.50. The molecule has 2 aliphatic rings. The second-order valence-corrected chi connectivity index (χ2v) is 13.9. The third kappa shape index (κ3) is 4.16. The number of nitrogens with zero attached hydrogens (tertiary/aromatic N) is 3. The van der Waals surface area contributed by atoms with Gasteiger partial charge in [0.25, 0.3) is 0 Å². The molecule has 1 unspecified atom stereocenters. The summed E-state index contributed by atoms with van der Waals surface area (Å²) < 4.78 is 99.5. The first-order chi connectivity index (χ1) is 17.7. The van der Waals surface area contributed by atoms with Gasteiger partial charge in [-0.3, -0.25) is 18.8 Å². The van der Waals surface area contributed by atoms with Gasteiger partial charge in [-0.25, -0.2) is 22.4 Å². The quantitative estimate of drug-likeness (QED) is 0.470. The molecule has 0 saturated heterocycles. The highest BCUT2D eigenvalue weighted by Gasteiger charge is 2.52. The van der Waals surface area contributed by atoms with Crippen LogP contribution in [-0.4, -0.2) is 46.9 Å². The minimum absolute atomic E-state index is 0.0438. The number of halogens is 6. The van der Waals surface area contributed by atoms with Crippen LogP contribution in [0.4, 0.5) is 26.3 Å². The van der Waals surface area contributed by atoms with Crippen LogP contribution in [0.1, 0.15) is 22.4 Å². The van der Waals surface area contributed by atoms with Crippen molar-refractivity contribution in [2.75, 3.05) is 25.9 Å². The highest BCUT2D eigenvalue weighted by molar-refractivity contribution is 8.30. The van der Waals surface area contributed by atoms with Gasteiger partial charge in [-0.15, -0.1) is 0 Å². The fourth-order valence-electron chi connectivity index (χ4n) is 4.96. The van der Waals surface area contributed by atoms with E-state index in [1.165, 1.54) is 13.2 Å². The van der Waals surface area contributed by atoms with E-state index in [1.54, 1.807) is 18.8 Å². The van der Waals surface area contributed by atoms with Gasteiger partial charge in [0.2, 0.25) is 0 Å². The van der Waals surface area contributed by atoms with Crippen molar-refractivity contribution in [3.63, 3.8) is 0 Å². The molecule has 6 nitrogen and oxygen atoms in total. The van der Waals surface area contributed by atoms with E-state index in [9.17, 15) is 18.0 Å². The number of benzene rings is 2. The Morgan fingerprint density at radius 1 is 1.08 bits per heavy atom. The fourth-order valence-corrected chi connectivity index (χ4v) is 6.03. The van der Waals surface area contributed by atoms with E-state index in [1.807, 2.05) is 0 Å². The summed E-state index contributed by atoms with van der Waals surface area (Å²) in [5.41, 5.74) is -2.76. The van der Waals surface area contributed by atoms with Crippen LogP contribution >= 0.6 is 10.2 Å². The first kappa shape index (κ1) is 26.6. The second kappa shape index (κ2) is 9.02. The third-order valence-corrected chi connectivity index (χ3v) is 7.44. The lowest BCUT2D eigenvalue weighted by molar-refractivity contribution is -0.0243. The van der Waals surface area contributed by atoms with Gasteiger partial charge in [0.1, 0.15) is 40.8 Å². The van der Waals surface area contributed by atoms with E-state index >= 15 is 13.2 Å². The van der Waals surface area contributed by atoms with Crippen LogP contribution in [0, 0.1) is 23.3 Å². The second-order valence-electron chi connectivity index (χ2n) is 9.98. The number of aromatic nitrogens is 2. The highest BCUT2D eigenvalue weighted by Crippen LogP contribution is 2.43. The molecular formula is C25H24F6N4O2S. The number of fused-ring (bicyclic) bond motifs is 2. The van der Waals surface area contributed by atoms with Gasteiger partial charge < -0.3 is 4.74 Å². The number of hydrogen-bond acceptors (Lipinski definition) is 4. The Kier molecular flexibility index (Phi) is 6.31. The smallest absolute Gasteiger partial charge is 0.334 e. The molecule has 1 N–H and O–H groups in total. The van der Waals surface area contributed by atoms with Crippen molar-refractivity contribution in [2.24, 2.45) is 4.99 Å². The van der Waals surface area contributed by atoms with E-state index in [2.05, 4.69) is 9.71 Å². The number of methoxy groups -OCH3 is 1. The van der Waals surface area contributed by atoms with Crippen molar-refractivity contribution in [1.29, 1.82) is 0 Å². The summed E-state index contributed by atoms with van der Waals surface area (Å²) in [7, 11) is -0.235. The van der Waals surface area contributed by atoms with Crippen LogP contribution in [0.15, 0.2) is 34.2 Å². The third-order valence-electron chi connectivity index (χ3n) is 6.45. The van der Waals surface area contributed by atoms with Crippen molar-refractivity contribution >= 4 is 16.0 Å². The normalized spacial score (nSPS) is 18.5. The standard InChI is InChI=1S/C25H24F6N4O2S/c1-37-11-13-5-12-8-32-23(19(12)21(22(13)29)20-15(27)6-14(26)7-16(20)28)35-10-18-25(30,31)17(33-38(2,3)4)9-34(18)24(35)36/h5-7,10,17,33H,8-9,11H2,1-4H3. The average Bonchev–Trinajstić information content (AvgIpc) is 3.42. The molecular weight excluding hydrogens is 534 g/mol. The lowest BCUT2D eigenvalue weighted by Crippen LogP contribution is -2.42. The molecule has 204 valence electrons. The molecule has 5 rings (SSSR count). The van der Waals surface area contributed by atoms with Gasteiger partial charge in [-0.1, -0.05) is 0 Å². The van der Waals surface area contributed by atoms with E-state index in [-0.39, 0.29) is 36.7 Å². The Labute approximate surface area is 215 Å². The Morgan fingerprint density at radius 3 is 2.32 bits per heavy atom. The fraction of sp³-hybridized carbons (Fsp3) is 0.360. The predicted molar refractivity (Wildman–Crippen MR) is 133 cm³/mol. The topological polar surface area (TPSA) is 60.5 Å². The van der Waals surface area contributed by atoms with Crippen LogP contribution in [-0.2, 0) is 30.4 Å². The van der Waals surface area contributed by atoms with Crippen LogP contribution in [0.5, 0.6) is 0 Å². The van der Waals surface area contributed by atoms with Gasteiger partial charge >= 0.3 is 11.6 Å². The Balaban J connectivity index is 1.69. The Bertz CT molecular complexity index is 1530. The maximum Gasteiger partial charge on any atom is 0.334 e. The molecule has 3 aromatic rings. The summed E-state index contributed by atoms with van der Waals surface area (Å²) in [4.78, 5) is 17.6. The zero-order valence-electron chi connectivity index (χ0n) is 20.8.